The first kappa shape index (κ1) is 18.5. The van der Waals surface area contributed by atoms with Gasteiger partial charge in [-0.1, -0.05) is 38.1 Å². The summed E-state index contributed by atoms with van der Waals surface area (Å²) in [5.74, 6) is 0.547. The highest BCUT2D eigenvalue weighted by Gasteiger charge is 2.22. The smallest absolute Gasteiger partial charge is 0.115 e. The highest BCUT2D eigenvalue weighted by atomic mass is 16.3. The lowest BCUT2D eigenvalue weighted by Gasteiger charge is -2.26. The quantitative estimate of drug-likeness (QED) is 0.759. The summed E-state index contributed by atoms with van der Waals surface area (Å²) >= 11 is 0. The number of phenolic OH excluding ortho intramolecular Hbond substituents is 2. The molecule has 2 aromatic carbocycles. The molecule has 0 aliphatic carbocycles. The minimum absolute atomic E-state index is 0.151. The predicted molar refractivity (Wildman–Crippen MR) is 90.8 cm³/mol. The van der Waals surface area contributed by atoms with Gasteiger partial charge in [0.25, 0.3) is 0 Å². The van der Waals surface area contributed by atoms with Gasteiger partial charge >= 0.3 is 0 Å². The summed E-state index contributed by atoms with van der Waals surface area (Å²) in [6.45, 7) is 16.2. The fourth-order valence-corrected chi connectivity index (χ4v) is 1.92. The maximum absolute atomic E-state index is 9.30. The van der Waals surface area contributed by atoms with Crippen molar-refractivity contribution in [1.29, 1.82) is 0 Å². The predicted octanol–water partition coefficient (Wildman–Crippen LogP) is 5.03. The third-order valence-corrected chi connectivity index (χ3v) is 3.18. The molecule has 112 valence electrons. The maximum atomic E-state index is 9.30. The summed E-state index contributed by atoms with van der Waals surface area (Å²) in [6, 6.07) is 14.4. The van der Waals surface area contributed by atoms with Crippen LogP contribution in [0.2, 0.25) is 0 Å². The van der Waals surface area contributed by atoms with Crippen molar-refractivity contribution in [2.24, 2.45) is 0 Å². The molecule has 0 amide bonds. The molecule has 0 fully saturated rings. The second-order valence-corrected chi connectivity index (χ2v) is 4.72. The highest BCUT2D eigenvalue weighted by Crippen LogP contribution is 2.32. The van der Waals surface area contributed by atoms with Gasteiger partial charge in [0.2, 0.25) is 0 Å². The lowest BCUT2D eigenvalue weighted by atomic mass is 9.78. The average Bonchev–Trinajstić information content (AvgIpc) is 2.52. The lowest BCUT2D eigenvalue weighted by molar-refractivity contribution is 0.474. The Hall–Kier alpha value is -2.48. The number of hydrogen-bond acceptors (Lipinski definition) is 2. The summed E-state index contributed by atoms with van der Waals surface area (Å²) < 4.78 is 0. The van der Waals surface area contributed by atoms with Crippen molar-refractivity contribution in [2.75, 3.05) is 0 Å². The SMILES string of the molecule is C=C.C=C.CC(C)(c1ccc(O)cc1)c1ccc(O)cc1. The molecule has 0 heterocycles. The molecule has 0 aromatic heterocycles. The van der Waals surface area contributed by atoms with Gasteiger partial charge in [0.1, 0.15) is 11.5 Å². The summed E-state index contributed by atoms with van der Waals surface area (Å²) in [6.07, 6.45) is 0. The second kappa shape index (κ2) is 8.64. The van der Waals surface area contributed by atoms with Gasteiger partial charge in [0.15, 0.2) is 0 Å². The maximum Gasteiger partial charge on any atom is 0.115 e. The van der Waals surface area contributed by atoms with Crippen LogP contribution >= 0.6 is 0 Å². The van der Waals surface area contributed by atoms with E-state index < -0.39 is 0 Å². The first-order valence-corrected chi connectivity index (χ1v) is 6.59. The monoisotopic (exact) mass is 284 g/mol. The van der Waals surface area contributed by atoms with Gasteiger partial charge in [-0.3, -0.25) is 0 Å². The van der Waals surface area contributed by atoms with Gasteiger partial charge in [-0.05, 0) is 35.4 Å². The van der Waals surface area contributed by atoms with E-state index in [4.69, 9.17) is 0 Å². The van der Waals surface area contributed by atoms with Gasteiger partial charge in [-0.25, -0.2) is 0 Å². The normalized spacial score (nSPS) is 9.62. The molecule has 0 radical (unpaired) electrons. The highest BCUT2D eigenvalue weighted by molar-refractivity contribution is 5.41. The van der Waals surface area contributed by atoms with Crippen molar-refractivity contribution in [3.63, 3.8) is 0 Å². The Balaban J connectivity index is 0.000000921. The van der Waals surface area contributed by atoms with E-state index >= 15 is 0 Å². The number of aromatic hydroxyl groups is 2. The molecule has 0 saturated carbocycles. The Kier molecular flexibility index (Phi) is 7.62. The first-order chi connectivity index (χ1) is 10.00. The van der Waals surface area contributed by atoms with Crippen LogP contribution in [0.3, 0.4) is 0 Å². The first-order valence-electron chi connectivity index (χ1n) is 6.59. The van der Waals surface area contributed by atoms with Crippen LogP contribution < -0.4 is 0 Å². The van der Waals surface area contributed by atoms with E-state index in [-0.39, 0.29) is 16.9 Å². The number of benzene rings is 2. The molecule has 21 heavy (non-hydrogen) atoms. The fraction of sp³-hybridized carbons (Fsp3) is 0.158. The largest absolute Gasteiger partial charge is 0.508 e. The summed E-state index contributed by atoms with van der Waals surface area (Å²) in [5, 5.41) is 18.6. The Morgan fingerprint density at radius 2 is 0.857 bits per heavy atom. The van der Waals surface area contributed by atoms with Crippen LogP contribution in [0.4, 0.5) is 0 Å². The molecular formula is C19H24O2. The molecule has 0 unspecified atom stereocenters. The van der Waals surface area contributed by atoms with Crippen molar-refractivity contribution in [1.82, 2.24) is 0 Å². The van der Waals surface area contributed by atoms with E-state index in [0.717, 1.165) is 11.1 Å². The Labute approximate surface area is 127 Å². The molecule has 0 aliphatic rings. The van der Waals surface area contributed by atoms with Crippen LogP contribution in [-0.2, 0) is 5.41 Å². The fourth-order valence-electron chi connectivity index (χ4n) is 1.92. The molecule has 0 aliphatic heterocycles. The van der Waals surface area contributed by atoms with E-state index in [1.54, 1.807) is 24.3 Å². The zero-order valence-electron chi connectivity index (χ0n) is 12.8. The van der Waals surface area contributed by atoms with Gasteiger partial charge in [-0.2, -0.15) is 0 Å². The molecule has 0 saturated heterocycles. The van der Waals surface area contributed by atoms with E-state index in [1.807, 2.05) is 24.3 Å². The van der Waals surface area contributed by atoms with E-state index in [2.05, 4.69) is 40.2 Å². The molecule has 2 aromatic rings. The van der Waals surface area contributed by atoms with Gasteiger partial charge in [0, 0.05) is 5.41 Å². The molecule has 2 heteroatoms. The van der Waals surface area contributed by atoms with Crippen LogP contribution in [0.25, 0.3) is 0 Å². The second-order valence-electron chi connectivity index (χ2n) is 4.72. The van der Waals surface area contributed by atoms with E-state index in [0.29, 0.717) is 0 Å². The summed E-state index contributed by atoms with van der Waals surface area (Å²) in [7, 11) is 0. The van der Waals surface area contributed by atoms with Crippen molar-refractivity contribution >= 4 is 0 Å². The number of rotatable bonds is 2. The van der Waals surface area contributed by atoms with Crippen molar-refractivity contribution in [3.05, 3.63) is 86.0 Å². The molecule has 0 spiro atoms. The number of hydrogen-bond donors (Lipinski definition) is 2. The van der Waals surface area contributed by atoms with Crippen molar-refractivity contribution in [2.45, 2.75) is 19.3 Å². The number of phenols is 2. The third-order valence-electron chi connectivity index (χ3n) is 3.18. The van der Waals surface area contributed by atoms with E-state index in [9.17, 15) is 10.2 Å². The van der Waals surface area contributed by atoms with Crippen LogP contribution in [0.5, 0.6) is 11.5 Å². The zero-order valence-corrected chi connectivity index (χ0v) is 12.8. The Morgan fingerprint density at radius 1 is 0.619 bits per heavy atom. The van der Waals surface area contributed by atoms with Crippen LogP contribution in [0.15, 0.2) is 74.8 Å². The average molecular weight is 284 g/mol. The Bertz CT molecular complexity index is 475. The topological polar surface area (TPSA) is 40.5 Å². The van der Waals surface area contributed by atoms with Crippen LogP contribution in [-0.4, -0.2) is 10.2 Å². The van der Waals surface area contributed by atoms with Gasteiger partial charge in [0.05, 0.1) is 0 Å². The van der Waals surface area contributed by atoms with Crippen LogP contribution in [0, 0.1) is 0 Å². The minimum atomic E-state index is -0.151. The molecule has 2 N–H and O–H groups in total. The van der Waals surface area contributed by atoms with Gasteiger partial charge < -0.3 is 10.2 Å². The molecule has 2 nitrogen and oxygen atoms in total. The van der Waals surface area contributed by atoms with Gasteiger partial charge in [-0.15, -0.1) is 26.3 Å². The molecule has 0 atom stereocenters. The molecular weight excluding hydrogens is 260 g/mol. The summed E-state index contributed by atoms with van der Waals surface area (Å²) in [4.78, 5) is 0. The standard InChI is InChI=1S/C15H16O2.2C2H4/c1-15(2,11-3-7-13(16)8-4-11)12-5-9-14(17)10-6-12;2*1-2/h3-10,16-17H,1-2H3;2*1-2H2. The molecule has 2 rings (SSSR count). The van der Waals surface area contributed by atoms with Crippen molar-refractivity contribution in [3.8, 4) is 11.5 Å². The molecule has 0 bridgehead atoms. The van der Waals surface area contributed by atoms with Crippen molar-refractivity contribution < 1.29 is 10.2 Å². The minimum Gasteiger partial charge on any atom is -0.508 e. The van der Waals surface area contributed by atoms with Crippen LogP contribution in [0.1, 0.15) is 25.0 Å². The zero-order chi connectivity index (χ0) is 16.5. The Morgan fingerprint density at radius 3 is 1.10 bits per heavy atom. The lowest BCUT2D eigenvalue weighted by Crippen LogP contribution is -2.18. The third kappa shape index (κ3) is 4.84. The van der Waals surface area contributed by atoms with E-state index in [1.165, 1.54) is 0 Å². The summed E-state index contributed by atoms with van der Waals surface area (Å²) in [5.41, 5.74) is 2.10.